The molecule has 0 amide bonds. The summed E-state index contributed by atoms with van der Waals surface area (Å²) in [5.41, 5.74) is 0. The van der Waals surface area contributed by atoms with Crippen molar-refractivity contribution in [2.24, 2.45) is 0 Å². The Morgan fingerprint density at radius 1 is 1.07 bits per heavy atom. The maximum atomic E-state index is 11.1. The average Bonchev–Trinajstić information content (AvgIpc) is 2.13. The Balaban J connectivity index is 4.09. The van der Waals surface area contributed by atoms with E-state index in [9.17, 15) is 18.0 Å². The van der Waals surface area contributed by atoms with Crippen LogP contribution < -0.4 is 0 Å². The highest BCUT2D eigenvalue weighted by molar-refractivity contribution is 7.92. The van der Waals surface area contributed by atoms with Gasteiger partial charge in [0.2, 0.25) is 0 Å². The van der Waals surface area contributed by atoms with E-state index in [1.807, 2.05) is 0 Å². The lowest BCUT2D eigenvalue weighted by molar-refractivity contribution is -0.140. The highest BCUT2D eigenvalue weighted by Gasteiger charge is 2.18. The van der Waals surface area contributed by atoms with Gasteiger partial charge in [-0.15, -0.1) is 0 Å². The first-order chi connectivity index (χ1) is 6.41. The van der Waals surface area contributed by atoms with Crippen molar-refractivity contribution >= 4 is 21.8 Å². The third-order valence-electron chi connectivity index (χ3n) is 1.41. The van der Waals surface area contributed by atoms with Gasteiger partial charge in [0.15, 0.2) is 9.84 Å². The van der Waals surface area contributed by atoms with Crippen molar-refractivity contribution in [2.45, 2.75) is 6.42 Å². The number of carbonyl (C=O) groups excluding carboxylic acids is 2. The third kappa shape index (κ3) is 5.52. The molecular formula is C7H12O6S. The Labute approximate surface area is 82.1 Å². The van der Waals surface area contributed by atoms with Gasteiger partial charge in [-0.2, -0.15) is 0 Å². The molecule has 0 rings (SSSR count). The van der Waals surface area contributed by atoms with Crippen molar-refractivity contribution < 1.29 is 27.5 Å². The number of rotatable bonds is 5. The van der Waals surface area contributed by atoms with Crippen molar-refractivity contribution in [1.82, 2.24) is 0 Å². The fraction of sp³-hybridized carbons (Fsp3) is 0.714. The maximum Gasteiger partial charge on any atom is 0.320 e. The fourth-order valence-corrected chi connectivity index (χ4v) is 1.75. The highest BCUT2D eigenvalue weighted by atomic mass is 32.2. The lowest BCUT2D eigenvalue weighted by Crippen LogP contribution is -2.21. The minimum absolute atomic E-state index is 0.254. The van der Waals surface area contributed by atoms with Crippen LogP contribution in [0, 0.1) is 0 Å². The van der Waals surface area contributed by atoms with Crippen molar-refractivity contribution in [1.29, 1.82) is 0 Å². The number of hydrogen-bond donors (Lipinski definition) is 0. The summed E-state index contributed by atoms with van der Waals surface area (Å²) in [6, 6.07) is 0. The predicted octanol–water partition coefficient (Wildman–Crippen LogP) is -0.863. The average molecular weight is 224 g/mol. The van der Waals surface area contributed by atoms with Gasteiger partial charge in [0, 0.05) is 0 Å². The predicted molar refractivity (Wildman–Crippen MR) is 47.3 cm³/mol. The molecule has 7 heteroatoms. The molecule has 0 N–H and O–H groups in total. The summed E-state index contributed by atoms with van der Waals surface area (Å²) in [5.74, 6) is -2.58. The van der Waals surface area contributed by atoms with Crippen LogP contribution in [-0.2, 0) is 28.9 Å². The number of ether oxygens (including phenoxy) is 2. The minimum Gasteiger partial charge on any atom is -0.469 e. The normalized spacial score (nSPS) is 10.7. The van der Waals surface area contributed by atoms with Gasteiger partial charge in [-0.25, -0.2) is 8.42 Å². The Kier molecular flexibility index (Phi) is 5.14. The second-order valence-corrected chi connectivity index (χ2v) is 4.68. The molecule has 0 saturated carbocycles. The second kappa shape index (κ2) is 5.58. The van der Waals surface area contributed by atoms with E-state index >= 15 is 0 Å². The van der Waals surface area contributed by atoms with Crippen LogP contribution in [0.1, 0.15) is 6.42 Å². The van der Waals surface area contributed by atoms with E-state index < -0.39 is 33.3 Å². The van der Waals surface area contributed by atoms with Crippen LogP contribution in [0.25, 0.3) is 0 Å². The van der Waals surface area contributed by atoms with Crippen molar-refractivity contribution in [3.05, 3.63) is 0 Å². The summed E-state index contributed by atoms with van der Waals surface area (Å²) in [6.07, 6.45) is -0.254. The zero-order valence-corrected chi connectivity index (χ0v) is 8.80. The molecule has 0 radical (unpaired) electrons. The Morgan fingerprint density at radius 2 is 1.57 bits per heavy atom. The molecule has 0 aromatic heterocycles. The Morgan fingerprint density at radius 3 is 2.00 bits per heavy atom. The maximum absolute atomic E-state index is 11.1. The lowest BCUT2D eigenvalue weighted by atomic mass is 10.5. The topological polar surface area (TPSA) is 86.7 Å². The Bertz CT molecular complexity index is 304. The van der Waals surface area contributed by atoms with E-state index in [-0.39, 0.29) is 6.42 Å². The van der Waals surface area contributed by atoms with Crippen molar-refractivity contribution in [2.75, 3.05) is 25.7 Å². The zero-order valence-electron chi connectivity index (χ0n) is 7.98. The van der Waals surface area contributed by atoms with E-state index in [0.29, 0.717) is 0 Å². The monoisotopic (exact) mass is 224 g/mol. The standard InChI is InChI=1S/C7H12O6S/c1-12-6(8)3-4-14(10,11)5-7(9)13-2/h3-5H2,1-2H3. The van der Waals surface area contributed by atoms with Crippen LogP contribution in [0.4, 0.5) is 0 Å². The molecule has 0 aliphatic carbocycles. The van der Waals surface area contributed by atoms with Crippen LogP contribution in [0.3, 0.4) is 0 Å². The van der Waals surface area contributed by atoms with E-state index in [0.717, 1.165) is 14.2 Å². The summed E-state index contributed by atoms with van der Waals surface area (Å²) in [6.45, 7) is 0. The molecule has 6 nitrogen and oxygen atoms in total. The molecular weight excluding hydrogens is 212 g/mol. The SMILES string of the molecule is COC(=O)CCS(=O)(=O)CC(=O)OC. The van der Waals surface area contributed by atoms with Gasteiger partial charge >= 0.3 is 11.9 Å². The number of carbonyl (C=O) groups is 2. The summed E-state index contributed by atoms with van der Waals surface area (Å²) >= 11 is 0. The smallest absolute Gasteiger partial charge is 0.320 e. The van der Waals surface area contributed by atoms with Gasteiger partial charge in [0.05, 0.1) is 26.4 Å². The lowest BCUT2D eigenvalue weighted by Gasteiger charge is -2.01. The van der Waals surface area contributed by atoms with E-state index in [1.54, 1.807) is 0 Å². The van der Waals surface area contributed by atoms with Gasteiger partial charge in [-0.1, -0.05) is 0 Å². The highest BCUT2D eigenvalue weighted by Crippen LogP contribution is 1.96. The largest absolute Gasteiger partial charge is 0.469 e. The molecule has 0 aliphatic rings. The summed E-state index contributed by atoms with van der Waals surface area (Å²) in [7, 11) is -1.32. The van der Waals surface area contributed by atoms with Crippen LogP contribution in [0.2, 0.25) is 0 Å². The van der Waals surface area contributed by atoms with E-state index in [4.69, 9.17) is 0 Å². The molecule has 0 aromatic carbocycles. The van der Waals surface area contributed by atoms with Gasteiger partial charge in [0.25, 0.3) is 0 Å². The first kappa shape index (κ1) is 12.9. The number of sulfone groups is 1. The second-order valence-electron chi connectivity index (χ2n) is 2.49. The molecule has 0 heterocycles. The minimum atomic E-state index is -3.57. The zero-order chi connectivity index (χ0) is 11.2. The molecule has 14 heavy (non-hydrogen) atoms. The van der Waals surface area contributed by atoms with Crippen molar-refractivity contribution in [3.8, 4) is 0 Å². The molecule has 0 unspecified atom stereocenters. The summed E-state index contributed by atoms with van der Waals surface area (Å²) < 4.78 is 30.7. The molecule has 0 fully saturated rings. The van der Waals surface area contributed by atoms with Crippen LogP contribution >= 0.6 is 0 Å². The first-order valence-corrected chi connectivity index (χ1v) is 5.57. The quantitative estimate of drug-likeness (QED) is 0.564. The molecule has 0 spiro atoms. The van der Waals surface area contributed by atoms with Crippen LogP contribution in [0.5, 0.6) is 0 Å². The molecule has 82 valence electrons. The van der Waals surface area contributed by atoms with Crippen LogP contribution in [0.15, 0.2) is 0 Å². The summed E-state index contributed by atoms with van der Waals surface area (Å²) in [5, 5.41) is 0. The Hall–Kier alpha value is -1.11. The number of methoxy groups -OCH3 is 2. The third-order valence-corrected chi connectivity index (χ3v) is 2.91. The fourth-order valence-electron chi connectivity index (χ4n) is 0.652. The van der Waals surface area contributed by atoms with Crippen molar-refractivity contribution in [3.63, 3.8) is 0 Å². The molecule has 0 saturated heterocycles. The van der Waals surface area contributed by atoms with Crippen LogP contribution in [-0.4, -0.2) is 46.1 Å². The molecule has 0 aromatic rings. The molecule has 0 atom stereocenters. The van der Waals surface area contributed by atoms with E-state index in [1.165, 1.54) is 0 Å². The van der Waals surface area contributed by atoms with Gasteiger partial charge in [-0.05, 0) is 0 Å². The first-order valence-electron chi connectivity index (χ1n) is 3.75. The van der Waals surface area contributed by atoms with Gasteiger partial charge < -0.3 is 9.47 Å². The number of hydrogen-bond acceptors (Lipinski definition) is 6. The van der Waals surface area contributed by atoms with E-state index in [2.05, 4.69) is 9.47 Å². The number of esters is 2. The molecule has 0 aliphatic heterocycles. The van der Waals surface area contributed by atoms with Gasteiger partial charge in [0.1, 0.15) is 5.75 Å². The van der Waals surface area contributed by atoms with Gasteiger partial charge in [-0.3, -0.25) is 9.59 Å². The molecule has 0 bridgehead atoms. The summed E-state index contributed by atoms with van der Waals surface area (Å²) in [4.78, 5) is 21.2.